The molecule has 0 radical (unpaired) electrons. The Hall–Kier alpha value is -2.82. The first kappa shape index (κ1) is 18.5. The molecule has 4 nitrogen and oxygen atoms in total. The predicted molar refractivity (Wildman–Crippen MR) is 114 cm³/mol. The van der Waals surface area contributed by atoms with Crippen LogP contribution >= 0.6 is 23.2 Å². The van der Waals surface area contributed by atoms with Crippen LogP contribution in [0.1, 0.15) is 17.0 Å². The van der Waals surface area contributed by atoms with Gasteiger partial charge in [0.05, 0.1) is 11.6 Å². The molecule has 0 aliphatic heterocycles. The predicted octanol–water partition coefficient (Wildman–Crippen LogP) is 6.55. The van der Waals surface area contributed by atoms with Crippen molar-refractivity contribution in [2.75, 3.05) is 6.54 Å². The van der Waals surface area contributed by atoms with Crippen molar-refractivity contribution in [3.63, 3.8) is 0 Å². The molecule has 1 heterocycles. The maximum absolute atomic E-state index is 11.6. The minimum absolute atomic E-state index is 0.314. The molecule has 1 aromatic heterocycles. The van der Waals surface area contributed by atoms with Crippen molar-refractivity contribution in [3.8, 4) is 11.3 Å². The van der Waals surface area contributed by atoms with Crippen molar-refractivity contribution in [1.82, 2.24) is 4.98 Å². The number of halogens is 2. The standard InChI is InChI=1S/C22H16Cl2N2O2/c23-17-10-6-11-18(24)21(17)16(13-26(27)28)20-15-9-4-5-12-19(15)25-22(20)14-7-2-1-3-8-14/h1-12,16,25H,13H2. The van der Waals surface area contributed by atoms with E-state index in [0.717, 1.165) is 27.7 Å². The number of nitro groups is 1. The molecule has 3 aromatic carbocycles. The molecule has 0 aliphatic carbocycles. The normalized spacial score (nSPS) is 12.2. The number of nitrogens with one attached hydrogen (secondary N) is 1. The number of aromatic nitrogens is 1. The van der Waals surface area contributed by atoms with Gasteiger partial charge in [-0.1, -0.05) is 77.8 Å². The number of rotatable bonds is 5. The third-order valence-corrected chi connectivity index (χ3v) is 5.50. The lowest BCUT2D eigenvalue weighted by Crippen LogP contribution is -2.15. The van der Waals surface area contributed by atoms with Gasteiger partial charge in [-0.2, -0.15) is 0 Å². The van der Waals surface area contributed by atoms with Crippen LogP contribution in [0.4, 0.5) is 0 Å². The summed E-state index contributed by atoms with van der Waals surface area (Å²) in [7, 11) is 0. The van der Waals surface area contributed by atoms with E-state index in [-0.39, 0.29) is 11.5 Å². The number of hydrogen-bond donors (Lipinski definition) is 1. The minimum atomic E-state index is -0.595. The monoisotopic (exact) mass is 410 g/mol. The van der Waals surface area contributed by atoms with Crippen LogP contribution in [-0.2, 0) is 0 Å². The van der Waals surface area contributed by atoms with Gasteiger partial charge in [-0.25, -0.2) is 0 Å². The van der Waals surface area contributed by atoms with Crippen molar-refractivity contribution < 1.29 is 4.92 Å². The van der Waals surface area contributed by atoms with Gasteiger partial charge in [-0.05, 0) is 29.3 Å². The zero-order valence-corrected chi connectivity index (χ0v) is 16.2. The van der Waals surface area contributed by atoms with Crippen molar-refractivity contribution in [1.29, 1.82) is 0 Å². The van der Waals surface area contributed by atoms with E-state index < -0.39 is 5.92 Å². The van der Waals surface area contributed by atoms with Crippen molar-refractivity contribution in [3.05, 3.63) is 104 Å². The van der Waals surface area contributed by atoms with Crippen LogP contribution in [0, 0.1) is 10.1 Å². The highest BCUT2D eigenvalue weighted by atomic mass is 35.5. The zero-order chi connectivity index (χ0) is 19.7. The number of hydrogen-bond acceptors (Lipinski definition) is 2. The second-order valence-electron chi connectivity index (χ2n) is 6.53. The van der Waals surface area contributed by atoms with Gasteiger partial charge in [0.1, 0.15) is 0 Å². The minimum Gasteiger partial charge on any atom is -0.354 e. The molecule has 1 unspecified atom stereocenters. The van der Waals surface area contributed by atoms with E-state index in [1.54, 1.807) is 18.2 Å². The van der Waals surface area contributed by atoms with Crippen molar-refractivity contribution in [2.24, 2.45) is 0 Å². The Morgan fingerprint density at radius 2 is 1.50 bits per heavy atom. The van der Waals surface area contributed by atoms with Crippen LogP contribution in [0.25, 0.3) is 22.2 Å². The van der Waals surface area contributed by atoms with E-state index in [4.69, 9.17) is 23.2 Å². The van der Waals surface area contributed by atoms with Gasteiger partial charge < -0.3 is 4.98 Å². The van der Waals surface area contributed by atoms with Crippen LogP contribution in [0.3, 0.4) is 0 Å². The summed E-state index contributed by atoms with van der Waals surface area (Å²) < 4.78 is 0. The van der Waals surface area contributed by atoms with E-state index in [0.29, 0.717) is 15.6 Å². The molecule has 4 aromatic rings. The molecule has 1 atom stereocenters. The largest absolute Gasteiger partial charge is 0.354 e. The van der Waals surface area contributed by atoms with Gasteiger partial charge in [0.25, 0.3) is 0 Å². The summed E-state index contributed by atoms with van der Waals surface area (Å²) in [5.41, 5.74) is 4.10. The molecule has 140 valence electrons. The Labute approximate surface area is 171 Å². The fourth-order valence-electron chi connectivity index (χ4n) is 3.68. The topological polar surface area (TPSA) is 58.9 Å². The summed E-state index contributed by atoms with van der Waals surface area (Å²) in [5, 5.41) is 13.4. The summed E-state index contributed by atoms with van der Waals surface area (Å²) >= 11 is 12.9. The number of para-hydroxylation sites is 1. The number of fused-ring (bicyclic) bond motifs is 1. The van der Waals surface area contributed by atoms with E-state index in [1.807, 2.05) is 54.6 Å². The molecule has 4 rings (SSSR count). The highest BCUT2D eigenvalue weighted by Crippen LogP contribution is 2.43. The second kappa shape index (κ2) is 7.66. The van der Waals surface area contributed by atoms with Gasteiger partial charge in [-0.15, -0.1) is 0 Å². The quantitative estimate of drug-likeness (QED) is 0.299. The van der Waals surface area contributed by atoms with Gasteiger partial charge in [-0.3, -0.25) is 10.1 Å². The van der Waals surface area contributed by atoms with Crippen LogP contribution in [0.2, 0.25) is 10.0 Å². The average Bonchev–Trinajstić information content (AvgIpc) is 3.07. The zero-order valence-electron chi connectivity index (χ0n) is 14.7. The van der Waals surface area contributed by atoms with Gasteiger partial charge >= 0.3 is 0 Å². The summed E-state index contributed by atoms with van der Waals surface area (Å²) in [6, 6.07) is 22.7. The lowest BCUT2D eigenvalue weighted by molar-refractivity contribution is -0.481. The van der Waals surface area contributed by atoms with Gasteiger partial charge in [0.2, 0.25) is 6.54 Å². The van der Waals surface area contributed by atoms with Crippen molar-refractivity contribution in [2.45, 2.75) is 5.92 Å². The molecular weight excluding hydrogens is 395 g/mol. The number of benzene rings is 3. The summed E-state index contributed by atoms with van der Waals surface area (Å²) in [6.45, 7) is -0.314. The summed E-state index contributed by atoms with van der Waals surface area (Å²) in [4.78, 5) is 14.7. The van der Waals surface area contributed by atoms with E-state index in [1.165, 1.54) is 0 Å². The number of aromatic amines is 1. The molecule has 6 heteroatoms. The fourth-order valence-corrected chi connectivity index (χ4v) is 4.34. The Kier molecular flexibility index (Phi) is 5.07. The SMILES string of the molecule is O=[N+]([O-])CC(c1c(Cl)cccc1Cl)c1c(-c2ccccc2)[nH]c2ccccc12. The second-order valence-corrected chi connectivity index (χ2v) is 7.34. The average molecular weight is 411 g/mol. The molecule has 0 saturated heterocycles. The lowest BCUT2D eigenvalue weighted by Gasteiger charge is -2.18. The maximum Gasteiger partial charge on any atom is 0.214 e. The maximum atomic E-state index is 11.6. The molecule has 1 N–H and O–H groups in total. The molecule has 0 saturated carbocycles. The number of nitrogens with zero attached hydrogens (tertiary/aromatic N) is 1. The third-order valence-electron chi connectivity index (χ3n) is 4.84. The highest BCUT2D eigenvalue weighted by molar-refractivity contribution is 6.36. The van der Waals surface area contributed by atoms with Gasteiger partial charge in [0, 0.05) is 31.4 Å². The van der Waals surface area contributed by atoms with E-state index in [9.17, 15) is 10.1 Å². The smallest absolute Gasteiger partial charge is 0.214 e. The molecule has 0 amide bonds. The molecule has 0 fully saturated rings. The third kappa shape index (κ3) is 3.37. The van der Waals surface area contributed by atoms with E-state index in [2.05, 4.69) is 4.98 Å². The molecular formula is C22H16Cl2N2O2. The molecule has 0 bridgehead atoms. The number of H-pyrrole nitrogens is 1. The highest BCUT2D eigenvalue weighted by Gasteiger charge is 2.30. The summed E-state index contributed by atoms with van der Waals surface area (Å²) in [5.74, 6) is -0.595. The van der Waals surface area contributed by atoms with Gasteiger partial charge in [0.15, 0.2) is 0 Å². The Morgan fingerprint density at radius 3 is 2.18 bits per heavy atom. The van der Waals surface area contributed by atoms with Crippen LogP contribution in [0.15, 0.2) is 72.8 Å². The fraction of sp³-hybridized carbons (Fsp3) is 0.0909. The lowest BCUT2D eigenvalue weighted by atomic mass is 9.87. The Balaban J connectivity index is 2.05. The Bertz CT molecular complexity index is 1140. The molecule has 0 spiro atoms. The Morgan fingerprint density at radius 1 is 0.857 bits per heavy atom. The van der Waals surface area contributed by atoms with Crippen LogP contribution in [0.5, 0.6) is 0 Å². The molecule has 28 heavy (non-hydrogen) atoms. The van der Waals surface area contributed by atoms with Crippen LogP contribution in [-0.4, -0.2) is 16.5 Å². The first-order valence-electron chi connectivity index (χ1n) is 8.78. The van der Waals surface area contributed by atoms with E-state index >= 15 is 0 Å². The first-order valence-corrected chi connectivity index (χ1v) is 9.53. The summed E-state index contributed by atoms with van der Waals surface area (Å²) in [6.07, 6.45) is 0. The molecule has 0 aliphatic rings. The van der Waals surface area contributed by atoms with Crippen LogP contribution < -0.4 is 0 Å². The first-order chi connectivity index (χ1) is 13.6. The van der Waals surface area contributed by atoms with Crippen molar-refractivity contribution >= 4 is 34.1 Å².